The Hall–Kier alpha value is -4.46. The van der Waals surface area contributed by atoms with Crippen LogP contribution < -0.4 is 15.0 Å². The van der Waals surface area contributed by atoms with Crippen molar-refractivity contribution >= 4 is 35.0 Å². The van der Waals surface area contributed by atoms with Crippen LogP contribution in [0.1, 0.15) is 40.1 Å². The number of rotatable bonds is 5. The quantitative estimate of drug-likeness (QED) is 0.576. The van der Waals surface area contributed by atoms with Crippen molar-refractivity contribution in [3.8, 4) is 5.75 Å². The summed E-state index contributed by atoms with van der Waals surface area (Å²) in [6, 6.07) is 20.1. The molecular weight excluding hydrogens is 446 g/mol. The van der Waals surface area contributed by atoms with E-state index in [1.54, 1.807) is 54.3 Å². The first-order chi connectivity index (χ1) is 16.8. The summed E-state index contributed by atoms with van der Waals surface area (Å²) in [5, 5.41) is 2.76. The second kappa shape index (κ2) is 8.72. The van der Waals surface area contributed by atoms with Gasteiger partial charge in [-0.2, -0.15) is 0 Å². The third-order valence-electron chi connectivity index (χ3n) is 6.21. The van der Waals surface area contributed by atoms with Gasteiger partial charge in [0.05, 0.1) is 23.4 Å². The number of amides is 4. The zero-order valence-corrected chi connectivity index (χ0v) is 19.2. The van der Waals surface area contributed by atoms with Gasteiger partial charge in [0, 0.05) is 11.8 Å². The van der Waals surface area contributed by atoms with E-state index in [0.717, 1.165) is 10.5 Å². The van der Waals surface area contributed by atoms with Gasteiger partial charge in [-0.05, 0) is 43.7 Å². The van der Waals surface area contributed by atoms with Gasteiger partial charge in [-0.25, -0.2) is 0 Å². The zero-order valence-electron chi connectivity index (χ0n) is 19.2. The highest BCUT2D eigenvalue weighted by atomic mass is 16.5. The summed E-state index contributed by atoms with van der Waals surface area (Å²) in [6.45, 7) is 3.58. The topological polar surface area (TPSA) is 96.0 Å². The van der Waals surface area contributed by atoms with Crippen LogP contribution >= 0.6 is 0 Å². The lowest BCUT2D eigenvalue weighted by molar-refractivity contribution is -0.125. The minimum absolute atomic E-state index is 0.155. The van der Waals surface area contributed by atoms with E-state index in [1.165, 1.54) is 6.92 Å². The average Bonchev–Trinajstić information content (AvgIpc) is 3.12. The standard InChI is InChI=1S/C27H23N3O5/c1-16(30-26(33)20-10-6-7-11-21(20)27(30)34)24(31)28-19-12-13-22-23(14-19)35-17(2)25(32)29(22)15-18-8-4-3-5-9-18/h3-14,16-17H,15H2,1-2H3,(H,28,31). The van der Waals surface area contributed by atoms with Gasteiger partial charge in [0.25, 0.3) is 17.7 Å². The van der Waals surface area contributed by atoms with Crippen LogP contribution in [0, 0.1) is 0 Å². The third kappa shape index (κ3) is 3.93. The van der Waals surface area contributed by atoms with E-state index in [9.17, 15) is 19.2 Å². The number of nitrogens with zero attached hydrogens (tertiary/aromatic N) is 2. The molecule has 35 heavy (non-hydrogen) atoms. The van der Waals surface area contributed by atoms with Gasteiger partial charge in [0.1, 0.15) is 11.8 Å². The van der Waals surface area contributed by atoms with Gasteiger partial charge >= 0.3 is 0 Å². The molecule has 1 N–H and O–H groups in total. The van der Waals surface area contributed by atoms with E-state index in [1.807, 2.05) is 30.3 Å². The van der Waals surface area contributed by atoms with Crippen molar-refractivity contribution in [2.24, 2.45) is 0 Å². The third-order valence-corrected chi connectivity index (χ3v) is 6.21. The van der Waals surface area contributed by atoms with Gasteiger partial charge in [0.15, 0.2) is 6.10 Å². The van der Waals surface area contributed by atoms with Crippen LogP contribution in [-0.2, 0) is 16.1 Å². The van der Waals surface area contributed by atoms with Crippen molar-refractivity contribution in [1.29, 1.82) is 0 Å². The molecule has 0 radical (unpaired) electrons. The molecule has 5 rings (SSSR count). The number of fused-ring (bicyclic) bond motifs is 2. The maximum Gasteiger partial charge on any atom is 0.268 e. The van der Waals surface area contributed by atoms with Crippen LogP contribution in [0.5, 0.6) is 5.75 Å². The molecule has 2 aliphatic rings. The fourth-order valence-electron chi connectivity index (χ4n) is 4.34. The molecule has 0 saturated carbocycles. The maximum atomic E-state index is 13.0. The summed E-state index contributed by atoms with van der Waals surface area (Å²) in [7, 11) is 0. The van der Waals surface area contributed by atoms with Crippen molar-refractivity contribution in [3.63, 3.8) is 0 Å². The molecule has 0 bridgehead atoms. The minimum Gasteiger partial charge on any atom is -0.479 e. The molecule has 2 aliphatic heterocycles. The van der Waals surface area contributed by atoms with Crippen LogP contribution in [-0.4, -0.2) is 40.7 Å². The number of nitrogens with one attached hydrogen (secondary N) is 1. The monoisotopic (exact) mass is 469 g/mol. The molecule has 0 fully saturated rings. The molecule has 0 saturated heterocycles. The summed E-state index contributed by atoms with van der Waals surface area (Å²) < 4.78 is 5.81. The number of carbonyl (C=O) groups excluding carboxylic acids is 4. The molecule has 8 nitrogen and oxygen atoms in total. The van der Waals surface area contributed by atoms with Gasteiger partial charge in [0.2, 0.25) is 5.91 Å². The molecule has 2 heterocycles. The lowest BCUT2D eigenvalue weighted by Gasteiger charge is -2.33. The Kier molecular flexibility index (Phi) is 5.56. The van der Waals surface area contributed by atoms with E-state index in [4.69, 9.17) is 4.74 Å². The van der Waals surface area contributed by atoms with Crippen molar-refractivity contribution in [3.05, 3.63) is 89.5 Å². The molecule has 0 aliphatic carbocycles. The Bertz CT molecular complexity index is 1320. The highest BCUT2D eigenvalue weighted by Gasteiger charge is 2.40. The molecule has 3 aromatic carbocycles. The molecular formula is C27H23N3O5. The second-order valence-electron chi connectivity index (χ2n) is 8.54. The second-order valence-corrected chi connectivity index (χ2v) is 8.54. The Morgan fingerprint density at radius 1 is 0.943 bits per heavy atom. The molecule has 0 aromatic heterocycles. The zero-order chi connectivity index (χ0) is 24.7. The Morgan fingerprint density at radius 2 is 1.57 bits per heavy atom. The number of ether oxygens (including phenoxy) is 1. The van der Waals surface area contributed by atoms with Crippen LogP contribution in [0.2, 0.25) is 0 Å². The van der Waals surface area contributed by atoms with E-state index >= 15 is 0 Å². The number of anilines is 2. The summed E-state index contributed by atoms with van der Waals surface area (Å²) in [6.07, 6.45) is -0.686. The highest BCUT2D eigenvalue weighted by molar-refractivity contribution is 6.23. The number of hydrogen-bond acceptors (Lipinski definition) is 5. The fraction of sp³-hybridized carbons (Fsp3) is 0.185. The van der Waals surface area contributed by atoms with Crippen molar-refractivity contribution in [2.45, 2.75) is 32.5 Å². The normalized spacial score (nSPS) is 17.5. The summed E-state index contributed by atoms with van der Waals surface area (Å²) in [5.41, 5.74) is 2.59. The molecule has 4 amide bonds. The number of benzene rings is 3. The first-order valence-corrected chi connectivity index (χ1v) is 11.3. The van der Waals surface area contributed by atoms with Crippen LogP contribution in [0.25, 0.3) is 0 Å². The Morgan fingerprint density at radius 3 is 2.23 bits per heavy atom. The summed E-state index contributed by atoms with van der Waals surface area (Å²) in [5.74, 6) is -1.20. The Labute approximate surface area is 202 Å². The smallest absolute Gasteiger partial charge is 0.268 e. The average molecular weight is 469 g/mol. The van der Waals surface area contributed by atoms with Crippen molar-refractivity contribution in [2.75, 3.05) is 10.2 Å². The van der Waals surface area contributed by atoms with Crippen LogP contribution in [0.15, 0.2) is 72.8 Å². The van der Waals surface area contributed by atoms with Gasteiger partial charge in [-0.1, -0.05) is 42.5 Å². The first-order valence-electron chi connectivity index (χ1n) is 11.3. The molecule has 8 heteroatoms. The first kappa shape index (κ1) is 22.3. The number of imide groups is 1. The minimum atomic E-state index is -1.02. The molecule has 2 atom stereocenters. The van der Waals surface area contributed by atoms with Gasteiger partial charge < -0.3 is 15.0 Å². The van der Waals surface area contributed by atoms with Gasteiger partial charge in [-0.15, -0.1) is 0 Å². The molecule has 3 aromatic rings. The van der Waals surface area contributed by atoms with E-state index in [2.05, 4.69) is 5.32 Å². The van der Waals surface area contributed by atoms with Crippen LogP contribution in [0.4, 0.5) is 11.4 Å². The van der Waals surface area contributed by atoms with E-state index < -0.39 is 29.9 Å². The predicted octanol–water partition coefficient (Wildman–Crippen LogP) is 3.62. The van der Waals surface area contributed by atoms with Crippen molar-refractivity contribution < 1.29 is 23.9 Å². The number of hydrogen-bond donors (Lipinski definition) is 1. The van der Waals surface area contributed by atoms with Crippen LogP contribution in [0.3, 0.4) is 0 Å². The largest absolute Gasteiger partial charge is 0.479 e. The lowest BCUT2D eigenvalue weighted by Crippen LogP contribution is -2.45. The number of carbonyl (C=O) groups is 4. The lowest BCUT2D eigenvalue weighted by atomic mass is 10.1. The maximum absolute atomic E-state index is 13.0. The summed E-state index contributed by atoms with van der Waals surface area (Å²) in [4.78, 5) is 53.8. The Balaban J connectivity index is 1.35. The molecule has 0 spiro atoms. The molecule has 176 valence electrons. The van der Waals surface area contributed by atoms with Crippen molar-refractivity contribution in [1.82, 2.24) is 4.90 Å². The highest BCUT2D eigenvalue weighted by Crippen LogP contribution is 2.37. The summed E-state index contributed by atoms with van der Waals surface area (Å²) >= 11 is 0. The van der Waals surface area contributed by atoms with E-state index in [0.29, 0.717) is 23.7 Å². The SMILES string of the molecule is CC1Oc2cc(NC(=O)C(C)N3C(=O)c4ccccc4C3=O)ccc2N(Cc2ccccc2)C1=O. The fourth-order valence-corrected chi connectivity index (χ4v) is 4.34. The van der Waals surface area contributed by atoms with Gasteiger partial charge in [-0.3, -0.25) is 24.1 Å². The van der Waals surface area contributed by atoms with E-state index in [-0.39, 0.29) is 17.0 Å². The molecule has 2 unspecified atom stereocenters. The predicted molar refractivity (Wildman–Crippen MR) is 129 cm³/mol.